The Morgan fingerprint density at radius 1 is 1.31 bits per heavy atom. The van der Waals surface area contributed by atoms with Gasteiger partial charge in [-0.1, -0.05) is 12.1 Å². The van der Waals surface area contributed by atoms with Gasteiger partial charge in [0.05, 0.1) is 24.4 Å². The lowest BCUT2D eigenvalue weighted by Gasteiger charge is -2.40. The van der Waals surface area contributed by atoms with Crippen molar-refractivity contribution in [3.05, 3.63) is 66.0 Å². The summed E-state index contributed by atoms with van der Waals surface area (Å²) in [5, 5.41) is 13.5. The van der Waals surface area contributed by atoms with Crippen molar-refractivity contribution in [1.82, 2.24) is 19.6 Å². The fourth-order valence-electron chi connectivity index (χ4n) is 4.77. The van der Waals surface area contributed by atoms with Crippen LogP contribution in [0, 0.1) is 16.7 Å². The number of nitriles is 1. The van der Waals surface area contributed by atoms with Crippen LogP contribution in [0.3, 0.4) is 0 Å². The number of carbonyl (C=O) groups excluding carboxylic acids is 1. The van der Waals surface area contributed by atoms with Gasteiger partial charge < -0.3 is 4.90 Å². The van der Waals surface area contributed by atoms with E-state index in [2.05, 4.69) is 28.8 Å². The fraction of sp³-hybridized carbons (Fsp3) is 0.435. The first kappa shape index (κ1) is 19.4. The van der Waals surface area contributed by atoms with Crippen molar-refractivity contribution in [3.63, 3.8) is 0 Å². The molecule has 29 heavy (non-hydrogen) atoms. The van der Waals surface area contributed by atoms with Crippen LogP contribution in [0.2, 0.25) is 0 Å². The predicted molar refractivity (Wildman–Crippen MR) is 111 cm³/mol. The van der Waals surface area contributed by atoms with E-state index in [1.54, 1.807) is 18.2 Å². The first-order chi connectivity index (χ1) is 14.1. The van der Waals surface area contributed by atoms with E-state index in [0.717, 1.165) is 52.1 Å². The first-order valence-electron chi connectivity index (χ1n) is 10.2. The Morgan fingerprint density at radius 2 is 2.21 bits per heavy atom. The number of piperidine rings is 1. The average molecular weight is 390 g/mol. The normalized spacial score (nSPS) is 22.0. The van der Waals surface area contributed by atoms with Crippen molar-refractivity contribution in [2.75, 3.05) is 26.2 Å². The second kappa shape index (κ2) is 8.22. The fourth-order valence-corrected chi connectivity index (χ4v) is 4.77. The van der Waals surface area contributed by atoms with Gasteiger partial charge in [0.15, 0.2) is 0 Å². The standard InChI is InChI=1S/C23H27N5O/c1-2-9-28-16-20(14-25-28)15-26-10-4-7-23(17-26)8-11-27(18-23)22(29)21-6-3-5-19(12-21)13-24/h2-3,5-6,12,14,16H,1,4,7-11,15,17-18H2. The minimum atomic E-state index is 0.0433. The zero-order valence-electron chi connectivity index (χ0n) is 16.8. The molecule has 1 amide bonds. The highest BCUT2D eigenvalue weighted by molar-refractivity contribution is 5.94. The van der Waals surface area contributed by atoms with Crippen molar-refractivity contribution >= 4 is 5.91 Å². The molecule has 1 spiro atoms. The third-order valence-electron chi connectivity index (χ3n) is 6.11. The number of benzene rings is 1. The monoisotopic (exact) mass is 389 g/mol. The molecule has 2 saturated heterocycles. The Labute approximate surface area is 172 Å². The minimum Gasteiger partial charge on any atom is -0.338 e. The van der Waals surface area contributed by atoms with Crippen LogP contribution in [0.5, 0.6) is 0 Å². The van der Waals surface area contributed by atoms with E-state index >= 15 is 0 Å². The van der Waals surface area contributed by atoms with Gasteiger partial charge in [-0.15, -0.1) is 6.58 Å². The van der Waals surface area contributed by atoms with Crippen molar-refractivity contribution in [2.24, 2.45) is 5.41 Å². The van der Waals surface area contributed by atoms with E-state index < -0.39 is 0 Å². The van der Waals surface area contributed by atoms with Crippen molar-refractivity contribution in [1.29, 1.82) is 5.26 Å². The van der Waals surface area contributed by atoms with Gasteiger partial charge in [-0.2, -0.15) is 10.4 Å². The van der Waals surface area contributed by atoms with Gasteiger partial charge in [0.25, 0.3) is 5.91 Å². The summed E-state index contributed by atoms with van der Waals surface area (Å²) in [5.41, 5.74) is 2.55. The number of hydrogen-bond donors (Lipinski definition) is 0. The van der Waals surface area contributed by atoms with Crippen LogP contribution in [0.1, 0.15) is 40.7 Å². The largest absolute Gasteiger partial charge is 0.338 e. The quantitative estimate of drug-likeness (QED) is 0.737. The number of rotatable bonds is 5. The minimum absolute atomic E-state index is 0.0433. The molecule has 1 aromatic carbocycles. The lowest BCUT2D eigenvalue weighted by atomic mass is 9.79. The lowest BCUT2D eigenvalue weighted by molar-refractivity contribution is 0.0675. The molecule has 2 aliphatic rings. The van der Waals surface area contributed by atoms with Crippen LogP contribution in [-0.4, -0.2) is 51.7 Å². The van der Waals surface area contributed by atoms with E-state index in [-0.39, 0.29) is 11.3 Å². The summed E-state index contributed by atoms with van der Waals surface area (Å²) in [6.45, 7) is 9.09. The molecule has 0 bridgehead atoms. The molecule has 0 aliphatic carbocycles. The molecule has 1 unspecified atom stereocenters. The number of carbonyl (C=O) groups is 1. The maximum absolute atomic E-state index is 13.0. The molecule has 2 aliphatic heterocycles. The van der Waals surface area contributed by atoms with Crippen LogP contribution in [0.25, 0.3) is 0 Å². The number of nitrogens with zero attached hydrogens (tertiary/aromatic N) is 5. The van der Waals surface area contributed by atoms with E-state index in [1.165, 1.54) is 12.0 Å². The van der Waals surface area contributed by atoms with E-state index in [0.29, 0.717) is 11.1 Å². The molecule has 2 aromatic rings. The lowest BCUT2D eigenvalue weighted by Crippen LogP contribution is -2.45. The third kappa shape index (κ3) is 4.25. The molecule has 1 atom stereocenters. The maximum Gasteiger partial charge on any atom is 0.253 e. The van der Waals surface area contributed by atoms with Crippen LogP contribution in [0.4, 0.5) is 0 Å². The Bertz CT molecular complexity index is 943. The zero-order chi connectivity index (χ0) is 20.3. The highest BCUT2D eigenvalue weighted by Crippen LogP contribution is 2.39. The smallest absolute Gasteiger partial charge is 0.253 e. The topological polar surface area (TPSA) is 65.2 Å². The first-order valence-corrected chi connectivity index (χ1v) is 10.2. The van der Waals surface area contributed by atoms with Gasteiger partial charge in [-0.25, -0.2) is 0 Å². The summed E-state index contributed by atoms with van der Waals surface area (Å²) >= 11 is 0. The van der Waals surface area contributed by atoms with Gasteiger partial charge in [-0.3, -0.25) is 14.4 Å². The summed E-state index contributed by atoms with van der Waals surface area (Å²) in [5.74, 6) is 0.0433. The molecule has 6 nitrogen and oxygen atoms in total. The van der Waals surface area contributed by atoms with E-state index in [1.807, 2.05) is 27.9 Å². The van der Waals surface area contributed by atoms with Gasteiger partial charge in [0, 0.05) is 48.9 Å². The maximum atomic E-state index is 13.0. The molecular formula is C23H27N5O. The Balaban J connectivity index is 1.40. The second-order valence-corrected chi connectivity index (χ2v) is 8.34. The number of aromatic nitrogens is 2. The van der Waals surface area contributed by atoms with Crippen molar-refractivity contribution < 1.29 is 4.79 Å². The summed E-state index contributed by atoms with van der Waals surface area (Å²) < 4.78 is 1.91. The molecule has 150 valence electrons. The molecule has 0 radical (unpaired) electrons. The van der Waals surface area contributed by atoms with Gasteiger partial charge in [0.1, 0.15) is 0 Å². The zero-order valence-corrected chi connectivity index (χ0v) is 16.8. The third-order valence-corrected chi connectivity index (χ3v) is 6.11. The van der Waals surface area contributed by atoms with Crippen LogP contribution in [-0.2, 0) is 13.1 Å². The molecular weight excluding hydrogens is 362 g/mol. The molecule has 0 N–H and O–H groups in total. The van der Waals surface area contributed by atoms with Crippen molar-refractivity contribution in [2.45, 2.75) is 32.4 Å². The number of amides is 1. The summed E-state index contributed by atoms with van der Waals surface area (Å²) in [4.78, 5) is 17.4. The van der Waals surface area contributed by atoms with Gasteiger partial charge in [0.2, 0.25) is 0 Å². The second-order valence-electron chi connectivity index (χ2n) is 8.34. The Hall–Kier alpha value is -2.91. The molecule has 3 heterocycles. The highest BCUT2D eigenvalue weighted by atomic mass is 16.2. The van der Waals surface area contributed by atoms with Crippen LogP contribution < -0.4 is 0 Å². The van der Waals surface area contributed by atoms with Crippen molar-refractivity contribution in [3.8, 4) is 6.07 Å². The van der Waals surface area contributed by atoms with Crippen LogP contribution in [0.15, 0.2) is 49.3 Å². The Morgan fingerprint density at radius 3 is 3.03 bits per heavy atom. The number of hydrogen-bond acceptors (Lipinski definition) is 4. The Kier molecular flexibility index (Phi) is 5.50. The molecule has 4 rings (SSSR count). The summed E-state index contributed by atoms with van der Waals surface area (Å²) in [6.07, 6.45) is 9.26. The predicted octanol–water partition coefficient (Wildman–Crippen LogP) is 3.07. The highest BCUT2D eigenvalue weighted by Gasteiger charge is 2.42. The van der Waals surface area contributed by atoms with E-state index in [9.17, 15) is 4.79 Å². The van der Waals surface area contributed by atoms with Crippen LogP contribution >= 0.6 is 0 Å². The van der Waals surface area contributed by atoms with E-state index in [4.69, 9.17) is 5.26 Å². The molecule has 6 heteroatoms. The molecule has 2 fully saturated rings. The number of allylic oxidation sites excluding steroid dienone is 1. The summed E-state index contributed by atoms with van der Waals surface area (Å²) in [7, 11) is 0. The molecule has 1 aromatic heterocycles. The molecule has 0 saturated carbocycles. The van der Waals surface area contributed by atoms with Gasteiger partial charge in [-0.05, 0) is 44.0 Å². The van der Waals surface area contributed by atoms with Gasteiger partial charge >= 0.3 is 0 Å². The number of likely N-dealkylation sites (tertiary alicyclic amines) is 2. The SMILES string of the molecule is C=CCn1cc(CN2CCCC3(CCN(C(=O)c4cccc(C#N)c4)C3)C2)cn1. The average Bonchev–Trinajstić information content (AvgIpc) is 3.35. The summed E-state index contributed by atoms with van der Waals surface area (Å²) in [6, 6.07) is 9.14.